The van der Waals surface area contributed by atoms with Gasteiger partial charge in [0, 0.05) is 26.1 Å². The Bertz CT molecular complexity index is 795. The highest BCUT2D eigenvalue weighted by Crippen LogP contribution is 2.36. The summed E-state index contributed by atoms with van der Waals surface area (Å²) in [7, 11) is -2.69. The van der Waals surface area contributed by atoms with Crippen molar-refractivity contribution >= 4 is 39.2 Å². The molecule has 1 saturated heterocycles. The molecule has 0 aliphatic carbocycles. The Morgan fingerprint density at radius 1 is 1.40 bits per heavy atom. The van der Waals surface area contributed by atoms with Crippen molar-refractivity contribution in [1.82, 2.24) is 4.31 Å². The first-order valence-electron chi connectivity index (χ1n) is 7.55. The average Bonchev–Trinajstić information content (AvgIpc) is 2.56. The van der Waals surface area contributed by atoms with Gasteiger partial charge in [0.15, 0.2) is 0 Å². The summed E-state index contributed by atoms with van der Waals surface area (Å²) >= 11 is 6.08. The molecule has 8 nitrogen and oxygen atoms in total. The lowest BCUT2D eigenvalue weighted by Gasteiger charge is -2.30. The van der Waals surface area contributed by atoms with Crippen LogP contribution in [-0.4, -0.2) is 49.9 Å². The molecule has 1 atom stereocenters. The zero-order valence-electron chi connectivity index (χ0n) is 13.8. The second-order valence-corrected chi connectivity index (χ2v) is 8.02. The van der Waals surface area contributed by atoms with Crippen molar-refractivity contribution in [2.75, 3.05) is 25.5 Å². The van der Waals surface area contributed by atoms with Crippen LogP contribution in [0.25, 0.3) is 0 Å². The van der Waals surface area contributed by atoms with Gasteiger partial charge < -0.3 is 15.2 Å². The van der Waals surface area contributed by atoms with Crippen LogP contribution < -0.4 is 10.1 Å². The molecule has 0 bridgehead atoms. The van der Waals surface area contributed by atoms with E-state index >= 15 is 0 Å². The van der Waals surface area contributed by atoms with Gasteiger partial charge in [-0.1, -0.05) is 11.6 Å². The summed E-state index contributed by atoms with van der Waals surface area (Å²) in [6.45, 7) is 1.42. The summed E-state index contributed by atoms with van der Waals surface area (Å²) in [6.07, 6.45) is 0.886. The zero-order chi connectivity index (χ0) is 18.8. The molecule has 1 fully saturated rings. The van der Waals surface area contributed by atoms with Gasteiger partial charge in [0.25, 0.3) is 0 Å². The number of piperidine rings is 1. The third-order valence-corrected chi connectivity index (χ3v) is 6.11. The molecule has 10 heteroatoms. The number of hydrogen-bond donors (Lipinski definition) is 2. The van der Waals surface area contributed by atoms with E-state index in [0.29, 0.717) is 12.8 Å². The molecule has 1 heterocycles. The topological polar surface area (TPSA) is 113 Å². The molecule has 1 aliphatic heterocycles. The lowest BCUT2D eigenvalue weighted by molar-refractivity contribution is -0.142. The van der Waals surface area contributed by atoms with Gasteiger partial charge in [0.1, 0.15) is 10.6 Å². The number of benzene rings is 1. The maximum Gasteiger partial charge on any atom is 0.307 e. The average molecular weight is 391 g/mol. The van der Waals surface area contributed by atoms with E-state index < -0.39 is 21.9 Å². The molecule has 0 aromatic heterocycles. The largest absolute Gasteiger partial charge is 0.495 e. The predicted octanol–water partition coefficient (Wildman–Crippen LogP) is 1.79. The number of carboxylic acid groups (broad SMARTS) is 1. The van der Waals surface area contributed by atoms with Crippen LogP contribution in [0.3, 0.4) is 0 Å². The van der Waals surface area contributed by atoms with Crippen molar-refractivity contribution in [2.45, 2.75) is 24.7 Å². The normalized spacial score (nSPS) is 18.6. The Morgan fingerprint density at radius 3 is 2.64 bits per heavy atom. The smallest absolute Gasteiger partial charge is 0.307 e. The molecule has 25 heavy (non-hydrogen) atoms. The number of nitrogens with one attached hydrogen (secondary N) is 1. The highest BCUT2D eigenvalue weighted by atomic mass is 35.5. The van der Waals surface area contributed by atoms with Crippen molar-refractivity contribution in [1.29, 1.82) is 0 Å². The molecule has 1 aliphatic rings. The minimum atomic E-state index is -3.99. The monoisotopic (exact) mass is 390 g/mol. The number of carboxylic acids is 1. The summed E-state index contributed by atoms with van der Waals surface area (Å²) in [5.74, 6) is -2.11. The van der Waals surface area contributed by atoms with Crippen LogP contribution in [0.4, 0.5) is 5.69 Å². The Morgan fingerprint density at radius 2 is 2.08 bits per heavy atom. The molecule has 0 saturated carbocycles. The first-order valence-corrected chi connectivity index (χ1v) is 9.36. The highest BCUT2D eigenvalue weighted by Gasteiger charge is 2.35. The second-order valence-electron chi connectivity index (χ2n) is 5.70. The number of nitrogens with zero attached hydrogens (tertiary/aromatic N) is 1. The van der Waals surface area contributed by atoms with E-state index in [1.807, 2.05) is 0 Å². The van der Waals surface area contributed by atoms with Crippen molar-refractivity contribution in [3.05, 3.63) is 17.2 Å². The molecular formula is C15H19ClN2O6S. The van der Waals surface area contributed by atoms with Crippen LogP contribution >= 0.6 is 11.6 Å². The summed E-state index contributed by atoms with van der Waals surface area (Å²) in [5, 5.41) is 11.7. The lowest BCUT2D eigenvalue weighted by atomic mass is 10.0. The van der Waals surface area contributed by atoms with Gasteiger partial charge in [-0.2, -0.15) is 4.31 Å². The Balaban J connectivity index is 2.43. The number of sulfonamides is 1. The van der Waals surface area contributed by atoms with Gasteiger partial charge in [-0.05, 0) is 18.9 Å². The molecule has 1 aromatic carbocycles. The Kier molecular flexibility index (Phi) is 5.91. The molecule has 0 radical (unpaired) electrons. The molecule has 0 spiro atoms. The molecule has 1 unspecified atom stereocenters. The fourth-order valence-electron chi connectivity index (χ4n) is 2.68. The first-order chi connectivity index (χ1) is 11.7. The fourth-order valence-corrected chi connectivity index (χ4v) is 4.65. The first kappa shape index (κ1) is 19.5. The summed E-state index contributed by atoms with van der Waals surface area (Å²) in [5.41, 5.74) is 0.229. The number of anilines is 1. The lowest BCUT2D eigenvalue weighted by Crippen LogP contribution is -2.42. The third kappa shape index (κ3) is 4.23. The highest BCUT2D eigenvalue weighted by molar-refractivity contribution is 7.89. The maximum absolute atomic E-state index is 12.9. The van der Waals surface area contributed by atoms with Crippen LogP contribution in [0.5, 0.6) is 5.75 Å². The zero-order valence-corrected chi connectivity index (χ0v) is 15.4. The van der Waals surface area contributed by atoms with Gasteiger partial charge in [0.2, 0.25) is 15.9 Å². The van der Waals surface area contributed by atoms with Crippen LogP contribution in [-0.2, 0) is 19.6 Å². The fraction of sp³-hybridized carbons (Fsp3) is 0.467. The second kappa shape index (κ2) is 7.59. The number of amides is 1. The summed E-state index contributed by atoms with van der Waals surface area (Å²) in [4.78, 5) is 22.2. The number of halogens is 1. The predicted molar refractivity (Wildman–Crippen MR) is 91.4 cm³/mol. The quantitative estimate of drug-likeness (QED) is 0.792. The SMILES string of the molecule is COc1cc(NC(C)=O)c(Cl)cc1S(=O)(=O)N1CCCC(C(=O)O)C1. The maximum atomic E-state index is 12.9. The number of aliphatic carboxylic acids is 1. The molecule has 1 amide bonds. The number of carbonyl (C=O) groups excluding carboxylic acids is 1. The molecular weight excluding hydrogens is 372 g/mol. The van der Waals surface area contributed by atoms with Crippen molar-refractivity contribution < 1.29 is 27.9 Å². The minimum absolute atomic E-state index is 0.0191. The van der Waals surface area contributed by atoms with Crippen LogP contribution in [0.1, 0.15) is 19.8 Å². The number of ether oxygens (including phenoxy) is 1. The summed E-state index contributed by atoms with van der Waals surface area (Å²) < 4.78 is 32.1. The van der Waals surface area contributed by atoms with Crippen LogP contribution in [0.2, 0.25) is 5.02 Å². The minimum Gasteiger partial charge on any atom is -0.495 e. The van der Waals surface area contributed by atoms with E-state index in [1.54, 1.807) is 0 Å². The van der Waals surface area contributed by atoms with Gasteiger partial charge in [0.05, 0.1) is 23.7 Å². The molecule has 2 rings (SSSR count). The number of rotatable bonds is 5. The van der Waals surface area contributed by atoms with Crippen molar-refractivity contribution in [3.63, 3.8) is 0 Å². The number of methoxy groups -OCH3 is 1. The van der Waals surface area contributed by atoms with Gasteiger partial charge in [-0.3, -0.25) is 9.59 Å². The van der Waals surface area contributed by atoms with E-state index in [1.165, 1.54) is 26.2 Å². The van der Waals surface area contributed by atoms with Gasteiger partial charge in [-0.15, -0.1) is 0 Å². The van der Waals surface area contributed by atoms with E-state index in [9.17, 15) is 18.0 Å². The van der Waals surface area contributed by atoms with E-state index in [4.69, 9.17) is 21.4 Å². The Hall–Kier alpha value is -1.84. The van der Waals surface area contributed by atoms with Gasteiger partial charge >= 0.3 is 5.97 Å². The van der Waals surface area contributed by atoms with E-state index in [0.717, 1.165) is 4.31 Å². The molecule has 1 aromatic rings. The van der Waals surface area contributed by atoms with Crippen LogP contribution in [0, 0.1) is 5.92 Å². The number of carbonyl (C=O) groups is 2. The van der Waals surface area contributed by atoms with Crippen molar-refractivity contribution in [3.8, 4) is 5.75 Å². The van der Waals surface area contributed by atoms with E-state index in [-0.39, 0.29) is 40.4 Å². The molecule has 2 N–H and O–H groups in total. The third-order valence-electron chi connectivity index (χ3n) is 3.92. The van der Waals surface area contributed by atoms with E-state index in [2.05, 4.69) is 5.32 Å². The number of hydrogen-bond acceptors (Lipinski definition) is 5. The van der Waals surface area contributed by atoms with Crippen molar-refractivity contribution in [2.24, 2.45) is 5.92 Å². The van der Waals surface area contributed by atoms with Crippen LogP contribution in [0.15, 0.2) is 17.0 Å². The Labute approximate surface area is 150 Å². The standard InChI is InChI=1S/C15H19ClN2O6S/c1-9(19)17-12-7-13(24-2)14(6-11(12)16)25(22,23)18-5-3-4-10(8-18)15(20)21/h6-7,10H,3-5,8H2,1-2H3,(H,17,19)(H,20,21). The molecule has 138 valence electrons. The summed E-state index contributed by atoms with van der Waals surface area (Å²) in [6, 6.07) is 2.53. The van der Waals surface area contributed by atoms with Gasteiger partial charge in [-0.25, -0.2) is 8.42 Å².